The highest BCUT2D eigenvalue weighted by molar-refractivity contribution is 5.38. The first-order chi connectivity index (χ1) is 8.11. The van der Waals surface area contributed by atoms with Crippen LogP contribution in [0, 0.1) is 12.3 Å². The zero-order valence-electron chi connectivity index (χ0n) is 10.9. The second-order valence-corrected chi connectivity index (χ2v) is 5.09. The molecule has 4 heteroatoms. The van der Waals surface area contributed by atoms with Crippen molar-refractivity contribution in [3.8, 4) is 5.88 Å². The van der Waals surface area contributed by atoms with Crippen LogP contribution in [0.25, 0.3) is 0 Å². The van der Waals surface area contributed by atoms with Crippen LogP contribution in [-0.2, 0) is 0 Å². The van der Waals surface area contributed by atoms with Gasteiger partial charge in [-0.05, 0) is 32.1 Å². The molecule has 0 saturated heterocycles. The average Bonchev–Trinajstić information content (AvgIpc) is 2.23. The normalized spacial score (nSPS) is 17.4. The van der Waals surface area contributed by atoms with Gasteiger partial charge in [0.2, 0.25) is 5.88 Å². The summed E-state index contributed by atoms with van der Waals surface area (Å²) in [7, 11) is 0. The fourth-order valence-electron chi connectivity index (χ4n) is 2.11. The van der Waals surface area contributed by atoms with Gasteiger partial charge in [-0.3, -0.25) is 0 Å². The van der Waals surface area contributed by atoms with Gasteiger partial charge in [0, 0.05) is 12.6 Å². The zero-order chi connectivity index (χ0) is 12.3. The summed E-state index contributed by atoms with van der Waals surface area (Å²) in [6.45, 7) is 7.78. The Morgan fingerprint density at radius 3 is 2.76 bits per heavy atom. The van der Waals surface area contributed by atoms with Crippen molar-refractivity contribution in [2.45, 2.75) is 40.0 Å². The monoisotopic (exact) mass is 235 g/mol. The van der Waals surface area contributed by atoms with Crippen molar-refractivity contribution in [1.29, 1.82) is 0 Å². The van der Waals surface area contributed by atoms with E-state index in [1.165, 1.54) is 19.3 Å². The minimum absolute atomic E-state index is 0.449. The molecule has 1 aromatic heterocycles. The first-order valence-corrected chi connectivity index (χ1v) is 6.34. The molecule has 94 valence electrons. The molecule has 0 amide bonds. The van der Waals surface area contributed by atoms with Gasteiger partial charge in [-0.2, -0.15) is 4.98 Å². The topological polar surface area (TPSA) is 47.0 Å². The molecule has 0 spiro atoms. The number of nitrogens with zero attached hydrogens (tertiary/aromatic N) is 2. The molecule has 0 aliphatic heterocycles. The molecule has 2 rings (SSSR count). The smallest absolute Gasteiger partial charge is 0.218 e. The Hall–Kier alpha value is -1.32. The molecule has 1 N–H and O–H groups in total. The van der Waals surface area contributed by atoms with Gasteiger partial charge in [0.1, 0.15) is 11.6 Å². The molecule has 1 heterocycles. The lowest BCUT2D eigenvalue weighted by molar-refractivity contribution is 0.179. The first-order valence-electron chi connectivity index (χ1n) is 6.34. The Morgan fingerprint density at radius 1 is 1.41 bits per heavy atom. The average molecular weight is 235 g/mol. The third-order valence-electron chi connectivity index (χ3n) is 3.36. The molecule has 1 saturated carbocycles. The van der Waals surface area contributed by atoms with Gasteiger partial charge in [-0.25, -0.2) is 4.98 Å². The maximum Gasteiger partial charge on any atom is 0.218 e. The van der Waals surface area contributed by atoms with Crippen molar-refractivity contribution in [2.24, 2.45) is 5.41 Å². The summed E-state index contributed by atoms with van der Waals surface area (Å²) in [5.41, 5.74) is 0.449. The summed E-state index contributed by atoms with van der Waals surface area (Å²) in [6.07, 6.45) is 3.97. The fourth-order valence-corrected chi connectivity index (χ4v) is 2.11. The quantitative estimate of drug-likeness (QED) is 0.852. The molecule has 0 radical (unpaired) electrons. The molecular formula is C13H21N3O. The molecule has 0 aromatic carbocycles. The number of ether oxygens (including phenoxy) is 1. The Bertz CT molecular complexity index is 388. The van der Waals surface area contributed by atoms with Gasteiger partial charge < -0.3 is 10.1 Å². The third-order valence-corrected chi connectivity index (χ3v) is 3.36. The fraction of sp³-hybridized carbons (Fsp3) is 0.692. The van der Waals surface area contributed by atoms with E-state index >= 15 is 0 Å². The summed E-state index contributed by atoms with van der Waals surface area (Å²) < 4.78 is 5.41. The van der Waals surface area contributed by atoms with Crippen molar-refractivity contribution < 1.29 is 4.74 Å². The standard InChI is InChI=1S/C13H21N3O/c1-4-17-12-8-11(15-10(2)16-12)14-9-13(3)6-5-7-13/h8H,4-7,9H2,1-3H3,(H,14,15,16). The van der Waals surface area contributed by atoms with Gasteiger partial charge in [0.25, 0.3) is 0 Å². The predicted octanol–water partition coefficient (Wildman–Crippen LogP) is 2.79. The van der Waals surface area contributed by atoms with Gasteiger partial charge in [0.05, 0.1) is 6.61 Å². The summed E-state index contributed by atoms with van der Waals surface area (Å²) in [5.74, 6) is 2.27. The van der Waals surface area contributed by atoms with Crippen LogP contribution in [0.1, 0.15) is 38.9 Å². The molecule has 1 fully saturated rings. The van der Waals surface area contributed by atoms with Crippen molar-refractivity contribution in [3.63, 3.8) is 0 Å². The summed E-state index contributed by atoms with van der Waals surface area (Å²) in [4.78, 5) is 8.60. The van der Waals surface area contributed by atoms with Crippen LogP contribution >= 0.6 is 0 Å². The van der Waals surface area contributed by atoms with Gasteiger partial charge in [0.15, 0.2) is 0 Å². The van der Waals surface area contributed by atoms with Crippen LogP contribution < -0.4 is 10.1 Å². The van der Waals surface area contributed by atoms with E-state index in [4.69, 9.17) is 4.74 Å². The van der Waals surface area contributed by atoms with Crippen molar-refractivity contribution >= 4 is 5.82 Å². The maximum atomic E-state index is 5.41. The molecule has 17 heavy (non-hydrogen) atoms. The molecule has 4 nitrogen and oxygen atoms in total. The van der Waals surface area contributed by atoms with E-state index in [-0.39, 0.29) is 0 Å². The second-order valence-electron chi connectivity index (χ2n) is 5.09. The molecular weight excluding hydrogens is 214 g/mol. The highest BCUT2D eigenvalue weighted by atomic mass is 16.5. The predicted molar refractivity (Wildman–Crippen MR) is 68.4 cm³/mol. The largest absolute Gasteiger partial charge is 0.478 e. The van der Waals surface area contributed by atoms with E-state index in [1.807, 2.05) is 19.9 Å². The minimum atomic E-state index is 0.449. The van der Waals surface area contributed by atoms with Crippen LogP contribution in [-0.4, -0.2) is 23.1 Å². The van der Waals surface area contributed by atoms with Crippen LogP contribution in [0.3, 0.4) is 0 Å². The molecule has 1 aromatic rings. The molecule has 0 unspecified atom stereocenters. The number of anilines is 1. The van der Waals surface area contributed by atoms with Crippen LogP contribution in [0.2, 0.25) is 0 Å². The highest BCUT2D eigenvalue weighted by Gasteiger charge is 2.31. The zero-order valence-corrected chi connectivity index (χ0v) is 10.9. The lowest BCUT2D eigenvalue weighted by atomic mass is 9.70. The van der Waals surface area contributed by atoms with E-state index in [9.17, 15) is 0 Å². The first kappa shape index (κ1) is 12.1. The number of rotatable bonds is 5. The van der Waals surface area contributed by atoms with Crippen LogP contribution in [0.4, 0.5) is 5.82 Å². The molecule has 1 aliphatic carbocycles. The SMILES string of the molecule is CCOc1cc(NCC2(C)CCC2)nc(C)n1. The van der Waals surface area contributed by atoms with E-state index in [1.54, 1.807) is 0 Å². The number of hydrogen-bond acceptors (Lipinski definition) is 4. The Balaban J connectivity index is 1.99. The van der Waals surface area contributed by atoms with Crippen molar-refractivity contribution in [1.82, 2.24) is 9.97 Å². The van der Waals surface area contributed by atoms with Gasteiger partial charge >= 0.3 is 0 Å². The summed E-state index contributed by atoms with van der Waals surface area (Å²) in [6, 6.07) is 1.87. The Labute approximate surface area is 103 Å². The summed E-state index contributed by atoms with van der Waals surface area (Å²) >= 11 is 0. The second kappa shape index (κ2) is 4.90. The van der Waals surface area contributed by atoms with E-state index < -0.39 is 0 Å². The molecule has 0 atom stereocenters. The van der Waals surface area contributed by atoms with Gasteiger partial charge in [-0.15, -0.1) is 0 Å². The molecule has 1 aliphatic rings. The van der Waals surface area contributed by atoms with E-state index in [2.05, 4.69) is 22.2 Å². The van der Waals surface area contributed by atoms with Gasteiger partial charge in [-0.1, -0.05) is 13.3 Å². The lowest BCUT2D eigenvalue weighted by Gasteiger charge is -2.38. The summed E-state index contributed by atoms with van der Waals surface area (Å²) in [5, 5.41) is 3.40. The van der Waals surface area contributed by atoms with Crippen molar-refractivity contribution in [2.75, 3.05) is 18.5 Å². The maximum absolute atomic E-state index is 5.41. The van der Waals surface area contributed by atoms with Crippen LogP contribution in [0.15, 0.2) is 6.07 Å². The Morgan fingerprint density at radius 2 is 2.18 bits per heavy atom. The lowest BCUT2D eigenvalue weighted by Crippen LogP contribution is -2.33. The van der Waals surface area contributed by atoms with Crippen LogP contribution in [0.5, 0.6) is 5.88 Å². The van der Waals surface area contributed by atoms with Crippen molar-refractivity contribution in [3.05, 3.63) is 11.9 Å². The third kappa shape index (κ3) is 3.08. The number of hydrogen-bond donors (Lipinski definition) is 1. The van der Waals surface area contributed by atoms with E-state index in [0.717, 1.165) is 18.2 Å². The number of aryl methyl sites for hydroxylation is 1. The number of aromatic nitrogens is 2. The molecule has 0 bridgehead atoms. The Kier molecular flexibility index (Phi) is 3.50. The number of nitrogens with one attached hydrogen (secondary N) is 1. The minimum Gasteiger partial charge on any atom is -0.478 e. The van der Waals surface area contributed by atoms with E-state index in [0.29, 0.717) is 17.9 Å². The highest BCUT2D eigenvalue weighted by Crippen LogP contribution is 2.40.